The van der Waals surface area contributed by atoms with E-state index in [2.05, 4.69) is 18.7 Å². The van der Waals surface area contributed by atoms with Crippen LogP contribution in [0.2, 0.25) is 0 Å². The fourth-order valence-electron chi connectivity index (χ4n) is 2.16. The molecule has 0 saturated carbocycles. The van der Waals surface area contributed by atoms with Crippen molar-refractivity contribution in [3.63, 3.8) is 0 Å². The van der Waals surface area contributed by atoms with E-state index in [1.807, 2.05) is 0 Å². The van der Waals surface area contributed by atoms with E-state index >= 15 is 0 Å². The van der Waals surface area contributed by atoms with Crippen molar-refractivity contribution in [3.8, 4) is 0 Å². The van der Waals surface area contributed by atoms with Crippen LogP contribution in [0, 0.1) is 5.92 Å². The van der Waals surface area contributed by atoms with Gasteiger partial charge >= 0.3 is 0 Å². The maximum atomic E-state index is 11.6. The van der Waals surface area contributed by atoms with Gasteiger partial charge in [-0.2, -0.15) is 0 Å². The van der Waals surface area contributed by atoms with E-state index in [4.69, 9.17) is 4.74 Å². The van der Waals surface area contributed by atoms with E-state index in [9.17, 15) is 4.79 Å². The number of carbonyl (C=O) groups excluding carboxylic acids is 1. The Morgan fingerprint density at radius 2 is 2.33 bits per heavy atom. The van der Waals surface area contributed by atoms with Crippen LogP contribution < -0.4 is 0 Å². The lowest BCUT2D eigenvalue weighted by Crippen LogP contribution is -2.45. The highest BCUT2D eigenvalue weighted by Gasteiger charge is 2.27. The first-order valence-corrected chi connectivity index (χ1v) is 5.94. The Balaban J connectivity index is 2.39. The smallest absolute Gasteiger partial charge is 0.138 e. The summed E-state index contributed by atoms with van der Waals surface area (Å²) in [7, 11) is 1.74. The summed E-state index contributed by atoms with van der Waals surface area (Å²) in [4.78, 5) is 14.0. The molecule has 1 aliphatic heterocycles. The summed E-state index contributed by atoms with van der Waals surface area (Å²) in [5, 5.41) is 0. The van der Waals surface area contributed by atoms with Crippen molar-refractivity contribution >= 4 is 5.78 Å². The van der Waals surface area contributed by atoms with E-state index < -0.39 is 0 Å². The largest absolute Gasteiger partial charge is 0.385 e. The standard InChI is InChI=1S/C12H23NO2/c1-4-11-9-13(7-5-12(11)14)10(2)6-8-15-3/h10-11H,4-9H2,1-3H3. The van der Waals surface area contributed by atoms with Crippen molar-refractivity contribution in [1.29, 1.82) is 0 Å². The monoisotopic (exact) mass is 213 g/mol. The maximum absolute atomic E-state index is 11.6. The number of piperidine rings is 1. The third kappa shape index (κ3) is 3.58. The molecular formula is C12H23NO2. The first-order valence-electron chi connectivity index (χ1n) is 5.94. The lowest BCUT2D eigenvalue weighted by molar-refractivity contribution is -0.127. The van der Waals surface area contributed by atoms with Crippen LogP contribution in [0.4, 0.5) is 0 Å². The first kappa shape index (κ1) is 12.7. The molecule has 0 aromatic carbocycles. The molecule has 0 N–H and O–H groups in total. The van der Waals surface area contributed by atoms with Gasteiger partial charge < -0.3 is 4.74 Å². The predicted molar refractivity (Wildman–Crippen MR) is 60.9 cm³/mol. The summed E-state index contributed by atoms with van der Waals surface area (Å²) in [5.41, 5.74) is 0. The summed E-state index contributed by atoms with van der Waals surface area (Å²) in [6.45, 7) is 7.01. The molecule has 1 heterocycles. The van der Waals surface area contributed by atoms with Gasteiger partial charge in [0.05, 0.1) is 0 Å². The Kier molecular flexibility index (Phi) is 5.26. The number of ether oxygens (including phenoxy) is 1. The molecule has 1 aliphatic rings. The van der Waals surface area contributed by atoms with Gasteiger partial charge in [0.15, 0.2) is 0 Å². The van der Waals surface area contributed by atoms with Gasteiger partial charge in [0.25, 0.3) is 0 Å². The highest BCUT2D eigenvalue weighted by Crippen LogP contribution is 2.19. The molecule has 2 unspecified atom stereocenters. The number of ketones is 1. The lowest BCUT2D eigenvalue weighted by Gasteiger charge is -2.35. The summed E-state index contributed by atoms with van der Waals surface area (Å²) in [6.07, 6.45) is 2.77. The number of nitrogens with zero attached hydrogens (tertiary/aromatic N) is 1. The third-order valence-electron chi connectivity index (χ3n) is 3.41. The van der Waals surface area contributed by atoms with Gasteiger partial charge in [0.1, 0.15) is 5.78 Å². The van der Waals surface area contributed by atoms with Crippen LogP contribution in [-0.4, -0.2) is 43.5 Å². The van der Waals surface area contributed by atoms with Crippen LogP contribution in [0.15, 0.2) is 0 Å². The van der Waals surface area contributed by atoms with Gasteiger partial charge in [0, 0.05) is 45.2 Å². The molecule has 1 fully saturated rings. The third-order valence-corrected chi connectivity index (χ3v) is 3.41. The van der Waals surface area contributed by atoms with Gasteiger partial charge in [-0.05, 0) is 19.8 Å². The van der Waals surface area contributed by atoms with E-state index in [0.717, 1.165) is 39.0 Å². The van der Waals surface area contributed by atoms with Crippen LogP contribution in [0.5, 0.6) is 0 Å². The number of hydrogen-bond acceptors (Lipinski definition) is 3. The molecule has 0 amide bonds. The van der Waals surface area contributed by atoms with E-state index in [-0.39, 0.29) is 5.92 Å². The zero-order valence-electron chi connectivity index (χ0n) is 10.2. The van der Waals surface area contributed by atoms with Crippen LogP contribution in [0.1, 0.15) is 33.1 Å². The van der Waals surface area contributed by atoms with Crippen molar-refractivity contribution in [3.05, 3.63) is 0 Å². The van der Waals surface area contributed by atoms with Crippen LogP contribution >= 0.6 is 0 Å². The average Bonchev–Trinajstić information content (AvgIpc) is 2.26. The quantitative estimate of drug-likeness (QED) is 0.696. The molecule has 3 nitrogen and oxygen atoms in total. The molecule has 0 spiro atoms. The molecule has 1 saturated heterocycles. The average molecular weight is 213 g/mol. The number of Topliss-reactive ketones (excluding diaryl/α,β-unsaturated/α-hetero) is 1. The molecule has 88 valence electrons. The minimum Gasteiger partial charge on any atom is -0.385 e. The van der Waals surface area contributed by atoms with Crippen molar-refractivity contribution in [1.82, 2.24) is 4.90 Å². The Labute approximate surface area is 92.8 Å². The number of carbonyl (C=O) groups is 1. The van der Waals surface area contributed by atoms with E-state index in [1.54, 1.807) is 7.11 Å². The second kappa shape index (κ2) is 6.23. The van der Waals surface area contributed by atoms with Crippen molar-refractivity contribution < 1.29 is 9.53 Å². The molecule has 15 heavy (non-hydrogen) atoms. The number of rotatable bonds is 5. The molecule has 0 radical (unpaired) electrons. The minimum atomic E-state index is 0.267. The highest BCUT2D eigenvalue weighted by molar-refractivity contribution is 5.82. The van der Waals surface area contributed by atoms with Crippen molar-refractivity contribution in [2.45, 2.75) is 39.2 Å². The summed E-state index contributed by atoms with van der Waals surface area (Å²) in [6, 6.07) is 0.534. The van der Waals surface area contributed by atoms with Gasteiger partial charge in [-0.15, -0.1) is 0 Å². The zero-order chi connectivity index (χ0) is 11.3. The van der Waals surface area contributed by atoms with Crippen LogP contribution in [0.3, 0.4) is 0 Å². The molecule has 0 bridgehead atoms. The predicted octanol–water partition coefficient (Wildman–Crippen LogP) is 1.71. The second-order valence-electron chi connectivity index (χ2n) is 4.45. The van der Waals surface area contributed by atoms with Gasteiger partial charge in [-0.1, -0.05) is 6.92 Å². The molecule has 0 aromatic heterocycles. The molecular weight excluding hydrogens is 190 g/mol. The second-order valence-corrected chi connectivity index (χ2v) is 4.45. The normalized spacial score (nSPS) is 25.5. The summed E-state index contributed by atoms with van der Waals surface area (Å²) < 4.78 is 5.08. The highest BCUT2D eigenvalue weighted by atomic mass is 16.5. The fraction of sp³-hybridized carbons (Fsp3) is 0.917. The summed E-state index contributed by atoms with van der Waals surface area (Å²) in [5.74, 6) is 0.719. The Hall–Kier alpha value is -0.410. The Morgan fingerprint density at radius 1 is 1.60 bits per heavy atom. The summed E-state index contributed by atoms with van der Waals surface area (Å²) >= 11 is 0. The maximum Gasteiger partial charge on any atom is 0.138 e. The zero-order valence-corrected chi connectivity index (χ0v) is 10.2. The topological polar surface area (TPSA) is 29.5 Å². The van der Waals surface area contributed by atoms with Gasteiger partial charge in [0.2, 0.25) is 0 Å². The lowest BCUT2D eigenvalue weighted by atomic mass is 9.93. The van der Waals surface area contributed by atoms with Gasteiger partial charge in [-0.3, -0.25) is 9.69 Å². The number of methoxy groups -OCH3 is 1. The van der Waals surface area contributed by atoms with Crippen molar-refractivity contribution in [2.75, 3.05) is 26.8 Å². The first-order chi connectivity index (χ1) is 7.19. The van der Waals surface area contributed by atoms with Gasteiger partial charge in [-0.25, -0.2) is 0 Å². The van der Waals surface area contributed by atoms with E-state index in [1.165, 1.54) is 0 Å². The Bertz CT molecular complexity index is 206. The molecule has 1 rings (SSSR count). The molecule has 0 aliphatic carbocycles. The number of hydrogen-bond donors (Lipinski definition) is 0. The minimum absolute atomic E-state index is 0.267. The molecule has 3 heteroatoms. The number of likely N-dealkylation sites (tertiary alicyclic amines) is 1. The van der Waals surface area contributed by atoms with Crippen LogP contribution in [0.25, 0.3) is 0 Å². The Morgan fingerprint density at radius 3 is 2.93 bits per heavy atom. The fourth-order valence-corrected chi connectivity index (χ4v) is 2.16. The van der Waals surface area contributed by atoms with Crippen molar-refractivity contribution in [2.24, 2.45) is 5.92 Å². The molecule has 0 aromatic rings. The SMILES string of the molecule is CCC1CN(C(C)CCOC)CCC1=O. The van der Waals surface area contributed by atoms with E-state index in [0.29, 0.717) is 11.8 Å². The molecule has 2 atom stereocenters. The van der Waals surface area contributed by atoms with Crippen LogP contribution in [-0.2, 0) is 9.53 Å².